The van der Waals surface area contributed by atoms with Crippen molar-refractivity contribution in [3.05, 3.63) is 0 Å². The van der Waals surface area contributed by atoms with Crippen LogP contribution >= 0.6 is 0 Å². The van der Waals surface area contributed by atoms with Crippen molar-refractivity contribution in [2.45, 2.75) is 77.9 Å². The van der Waals surface area contributed by atoms with Gasteiger partial charge in [-0.15, -0.1) is 0 Å². The minimum Gasteiger partial charge on any atom is -0.295 e. The molecular weight excluding hydrogens is 158 g/mol. The average Bonchev–Trinajstić information content (AvgIpc) is 2.16. The van der Waals surface area contributed by atoms with E-state index in [4.69, 9.17) is 0 Å². The van der Waals surface area contributed by atoms with Crippen molar-refractivity contribution in [3.63, 3.8) is 0 Å². The fourth-order valence-electron chi connectivity index (χ4n) is 2.86. The summed E-state index contributed by atoms with van der Waals surface area (Å²) >= 11 is 0. The quantitative estimate of drug-likeness (QED) is 0.648. The Morgan fingerprint density at radius 3 is 1.85 bits per heavy atom. The lowest BCUT2D eigenvalue weighted by Gasteiger charge is -2.44. The van der Waals surface area contributed by atoms with Crippen LogP contribution in [0.25, 0.3) is 0 Å². The lowest BCUT2D eigenvalue weighted by Crippen LogP contribution is -2.49. The highest BCUT2D eigenvalue weighted by Crippen LogP contribution is 2.28. The summed E-state index contributed by atoms with van der Waals surface area (Å²) in [5.41, 5.74) is 0. The predicted octanol–water partition coefficient (Wildman–Crippen LogP) is 3.44. The maximum absolute atomic E-state index is 2.75. The predicted molar refractivity (Wildman–Crippen MR) is 59.0 cm³/mol. The molecule has 0 radical (unpaired) electrons. The summed E-state index contributed by atoms with van der Waals surface area (Å²) in [4.78, 5) is 2.75. The van der Waals surface area contributed by atoms with Crippen LogP contribution in [-0.2, 0) is 0 Å². The molecule has 1 heteroatoms. The Hall–Kier alpha value is -0.0400. The van der Waals surface area contributed by atoms with Crippen LogP contribution in [0.3, 0.4) is 0 Å². The number of hydrogen-bond donors (Lipinski definition) is 0. The largest absolute Gasteiger partial charge is 0.295 e. The molecule has 1 heterocycles. The Kier molecular flexibility index (Phi) is 4.24. The van der Waals surface area contributed by atoms with Gasteiger partial charge in [0.05, 0.1) is 0 Å². The van der Waals surface area contributed by atoms with Crippen LogP contribution in [0.2, 0.25) is 0 Å². The molecule has 1 fully saturated rings. The molecule has 1 nitrogen and oxygen atoms in total. The first-order valence-corrected chi connectivity index (χ1v) is 5.98. The second-order valence-electron chi connectivity index (χ2n) is 4.60. The molecule has 78 valence electrons. The van der Waals surface area contributed by atoms with E-state index >= 15 is 0 Å². The summed E-state index contributed by atoms with van der Waals surface area (Å²) in [6, 6.07) is 2.45. The Morgan fingerprint density at radius 2 is 1.54 bits per heavy atom. The van der Waals surface area contributed by atoms with Crippen LogP contribution in [0.4, 0.5) is 0 Å². The standard InChI is InChI=1S/C12H25N/c1-5-11-8-7-9-12(6-2)13(11)10(3)4/h10-12H,5-9H2,1-4H3. The first kappa shape index (κ1) is 11.0. The highest BCUT2D eigenvalue weighted by Gasteiger charge is 2.29. The average molecular weight is 183 g/mol. The van der Waals surface area contributed by atoms with Crippen molar-refractivity contribution >= 4 is 0 Å². The van der Waals surface area contributed by atoms with Crippen molar-refractivity contribution in [1.82, 2.24) is 4.90 Å². The maximum Gasteiger partial charge on any atom is 0.00982 e. The number of likely N-dealkylation sites (tertiary alicyclic amines) is 1. The van der Waals surface area contributed by atoms with Gasteiger partial charge in [0.2, 0.25) is 0 Å². The van der Waals surface area contributed by atoms with Gasteiger partial charge in [-0.05, 0) is 39.5 Å². The van der Waals surface area contributed by atoms with Crippen LogP contribution in [0.1, 0.15) is 59.8 Å². The zero-order chi connectivity index (χ0) is 9.84. The van der Waals surface area contributed by atoms with E-state index in [0.29, 0.717) is 0 Å². The van der Waals surface area contributed by atoms with Crippen molar-refractivity contribution < 1.29 is 0 Å². The second kappa shape index (κ2) is 4.99. The summed E-state index contributed by atoms with van der Waals surface area (Å²) < 4.78 is 0. The molecule has 0 amide bonds. The topological polar surface area (TPSA) is 3.24 Å². The molecule has 1 rings (SSSR count). The van der Waals surface area contributed by atoms with E-state index in [9.17, 15) is 0 Å². The third kappa shape index (κ3) is 2.46. The molecule has 0 saturated carbocycles. The fourth-order valence-corrected chi connectivity index (χ4v) is 2.86. The third-order valence-electron chi connectivity index (χ3n) is 3.46. The third-order valence-corrected chi connectivity index (χ3v) is 3.46. The van der Waals surface area contributed by atoms with Crippen molar-refractivity contribution in [2.24, 2.45) is 0 Å². The summed E-state index contributed by atoms with van der Waals surface area (Å²) in [5, 5.41) is 0. The van der Waals surface area contributed by atoms with Gasteiger partial charge >= 0.3 is 0 Å². The molecule has 0 spiro atoms. The first-order valence-electron chi connectivity index (χ1n) is 5.98. The van der Waals surface area contributed by atoms with Gasteiger partial charge in [-0.25, -0.2) is 0 Å². The molecule has 0 N–H and O–H groups in total. The van der Waals surface area contributed by atoms with Gasteiger partial charge in [-0.3, -0.25) is 4.90 Å². The van der Waals surface area contributed by atoms with Gasteiger partial charge < -0.3 is 0 Å². The molecule has 0 bridgehead atoms. The molecule has 13 heavy (non-hydrogen) atoms. The van der Waals surface area contributed by atoms with Gasteiger partial charge in [-0.1, -0.05) is 20.3 Å². The molecule has 2 atom stereocenters. The fraction of sp³-hybridized carbons (Fsp3) is 1.00. The van der Waals surface area contributed by atoms with E-state index in [1.807, 2.05) is 0 Å². The van der Waals surface area contributed by atoms with E-state index in [0.717, 1.165) is 18.1 Å². The lowest BCUT2D eigenvalue weighted by molar-refractivity contribution is 0.0472. The molecule has 0 aromatic rings. The zero-order valence-corrected chi connectivity index (χ0v) is 9.71. The van der Waals surface area contributed by atoms with Gasteiger partial charge in [0.15, 0.2) is 0 Å². The Balaban J connectivity index is 2.64. The monoisotopic (exact) mass is 183 g/mol. The molecular formula is C12H25N. The number of rotatable bonds is 3. The van der Waals surface area contributed by atoms with Gasteiger partial charge in [-0.2, -0.15) is 0 Å². The normalized spacial score (nSPS) is 31.2. The number of hydrogen-bond acceptors (Lipinski definition) is 1. The molecule has 0 aromatic carbocycles. The molecule has 1 aliphatic heterocycles. The van der Waals surface area contributed by atoms with Gasteiger partial charge in [0, 0.05) is 18.1 Å². The smallest absolute Gasteiger partial charge is 0.00982 e. The second-order valence-corrected chi connectivity index (χ2v) is 4.60. The molecule has 0 aromatic heterocycles. The minimum absolute atomic E-state index is 0.732. The SMILES string of the molecule is CCC1CCCC(CC)N1C(C)C. The van der Waals surface area contributed by atoms with Gasteiger partial charge in [0.25, 0.3) is 0 Å². The first-order chi connectivity index (χ1) is 6.20. The van der Waals surface area contributed by atoms with Crippen LogP contribution in [-0.4, -0.2) is 23.0 Å². The zero-order valence-electron chi connectivity index (χ0n) is 9.71. The van der Waals surface area contributed by atoms with Crippen LogP contribution in [0.5, 0.6) is 0 Å². The van der Waals surface area contributed by atoms with E-state index in [2.05, 4.69) is 32.6 Å². The summed E-state index contributed by atoms with van der Waals surface area (Å²) in [6.45, 7) is 9.35. The van der Waals surface area contributed by atoms with Crippen LogP contribution in [0, 0.1) is 0 Å². The summed E-state index contributed by atoms with van der Waals surface area (Å²) in [6.07, 6.45) is 6.94. The van der Waals surface area contributed by atoms with E-state index < -0.39 is 0 Å². The van der Waals surface area contributed by atoms with E-state index in [-0.39, 0.29) is 0 Å². The highest BCUT2D eigenvalue weighted by molar-refractivity contribution is 4.85. The molecule has 1 aliphatic rings. The minimum atomic E-state index is 0.732. The Bertz CT molecular complexity index is 130. The van der Waals surface area contributed by atoms with Crippen molar-refractivity contribution in [1.29, 1.82) is 0 Å². The maximum atomic E-state index is 2.75. The van der Waals surface area contributed by atoms with Crippen LogP contribution < -0.4 is 0 Å². The number of nitrogens with zero attached hydrogens (tertiary/aromatic N) is 1. The lowest BCUT2D eigenvalue weighted by atomic mass is 9.91. The molecule has 0 aliphatic carbocycles. The molecule has 1 saturated heterocycles. The van der Waals surface area contributed by atoms with Crippen molar-refractivity contribution in [2.75, 3.05) is 0 Å². The highest BCUT2D eigenvalue weighted by atomic mass is 15.2. The summed E-state index contributed by atoms with van der Waals surface area (Å²) in [5.74, 6) is 0. The van der Waals surface area contributed by atoms with Gasteiger partial charge in [0.1, 0.15) is 0 Å². The summed E-state index contributed by atoms with van der Waals surface area (Å²) in [7, 11) is 0. The molecule has 2 unspecified atom stereocenters. The van der Waals surface area contributed by atoms with E-state index in [1.54, 1.807) is 0 Å². The van der Waals surface area contributed by atoms with E-state index in [1.165, 1.54) is 32.1 Å². The number of piperidine rings is 1. The Labute approximate surface area is 83.5 Å². The van der Waals surface area contributed by atoms with Crippen LogP contribution in [0.15, 0.2) is 0 Å². The van der Waals surface area contributed by atoms with Crippen molar-refractivity contribution in [3.8, 4) is 0 Å². The Morgan fingerprint density at radius 1 is 1.08 bits per heavy atom.